The van der Waals surface area contributed by atoms with Gasteiger partial charge in [0.2, 0.25) is 0 Å². The molecule has 0 unspecified atom stereocenters. The van der Waals surface area contributed by atoms with Gasteiger partial charge in [-0.3, -0.25) is 0 Å². The van der Waals surface area contributed by atoms with Crippen LogP contribution in [-0.4, -0.2) is 12.1 Å². The molecule has 0 aliphatic carbocycles. The lowest BCUT2D eigenvalue weighted by Crippen LogP contribution is -2.23. The van der Waals surface area contributed by atoms with Crippen LogP contribution < -0.4 is 5.43 Å². The fourth-order valence-electron chi connectivity index (χ4n) is 0.420. The maximum Gasteiger partial charge on any atom is 0.114 e. The van der Waals surface area contributed by atoms with E-state index in [1.807, 2.05) is 13.6 Å². The van der Waals surface area contributed by atoms with Gasteiger partial charge < -0.3 is 5.43 Å². The lowest BCUT2D eigenvalue weighted by molar-refractivity contribution is 0.374. The second-order valence-corrected chi connectivity index (χ2v) is 1.79. The molecular weight excluding hydrogens is 112 g/mol. The van der Waals surface area contributed by atoms with Crippen LogP contribution >= 0.6 is 11.6 Å². The number of likely N-dealkylation sites (N-methyl/N-ethyl adjacent to an activating group) is 1. The summed E-state index contributed by atoms with van der Waals surface area (Å²) in [5.74, 6) is 0. The molecule has 7 heavy (non-hydrogen) atoms. The first-order valence-corrected chi connectivity index (χ1v) is 2.37. The summed E-state index contributed by atoms with van der Waals surface area (Å²) in [6.45, 7) is 1.85. The molecule has 0 bridgehead atoms. The van der Waals surface area contributed by atoms with Gasteiger partial charge in [0.05, 0.1) is 6.54 Å². The van der Waals surface area contributed by atoms with Crippen molar-refractivity contribution in [2.75, 3.05) is 7.05 Å². The fourth-order valence-corrected chi connectivity index (χ4v) is 0.610. The van der Waals surface area contributed by atoms with Crippen molar-refractivity contribution in [3.63, 3.8) is 0 Å². The first-order valence-electron chi connectivity index (χ1n) is 1.99. The molecule has 1 radical (unpaired) electrons. The monoisotopic (exact) mass is 117 g/mol. The average molecular weight is 118 g/mol. The van der Waals surface area contributed by atoms with E-state index in [2.05, 4.69) is 5.43 Å². The molecule has 0 amide bonds. The van der Waals surface area contributed by atoms with E-state index in [-0.39, 0.29) is 0 Å². The summed E-state index contributed by atoms with van der Waals surface area (Å²) in [4.78, 5) is 0. The normalized spacial score (nSPS) is 21.7. The number of nitrogens with zero attached hydrogens (tertiary/aromatic N) is 1. The standard InChI is InChI=1S/C4H6ClN2/c1-7-3-2-4(5)6-7/h2-3,6H,1H3. The van der Waals surface area contributed by atoms with Gasteiger partial charge in [0.15, 0.2) is 0 Å². The van der Waals surface area contributed by atoms with Gasteiger partial charge in [-0.2, -0.15) is 0 Å². The van der Waals surface area contributed by atoms with Crippen molar-refractivity contribution < 1.29 is 0 Å². The summed E-state index contributed by atoms with van der Waals surface area (Å²) in [5.41, 5.74) is 2.82. The smallest absolute Gasteiger partial charge is 0.114 e. The van der Waals surface area contributed by atoms with E-state index in [4.69, 9.17) is 11.6 Å². The summed E-state index contributed by atoms with van der Waals surface area (Å²) in [7, 11) is 1.88. The maximum absolute atomic E-state index is 5.48. The molecule has 1 rings (SSSR count). The molecular formula is C4H6ClN2. The second kappa shape index (κ2) is 1.72. The SMILES string of the molecule is CN1[CH]C=C(Cl)N1. The highest BCUT2D eigenvalue weighted by molar-refractivity contribution is 6.29. The first kappa shape index (κ1) is 4.94. The summed E-state index contributed by atoms with van der Waals surface area (Å²) < 4.78 is 0. The highest BCUT2D eigenvalue weighted by atomic mass is 35.5. The second-order valence-electron chi connectivity index (χ2n) is 1.39. The van der Waals surface area contributed by atoms with Crippen LogP contribution in [0.2, 0.25) is 0 Å². The number of hydrazine groups is 1. The lowest BCUT2D eigenvalue weighted by Gasteiger charge is -2.05. The quantitative estimate of drug-likeness (QED) is 0.470. The van der Waals surface area contributed by atoms with Gasteiger partial charge in [-0.05, 0) is 6.08 Å². The third-order valence-electron chi connectivity index (χ3n) is 0.728. The van der Waals surface area contributed by atoms with Gasteiger partial charge in [-0.25, -0.2) is 5.01 Å². The van der Waals surface area contributed by atoms with Crippen molar-refractivity contribution in [3.05, 3.63) is 17.8 Å². The molecule has 0 atom stereocenters. The van der Waals surface area contributed by atoms with Crippen molar-refractivity contribution in [1.82, 2.24) is 10.4 Å². The van der Waals surface area contributed by atoms with Crippen molar-refractivity contribution >= 4 is 11.6 Å². The zero-order valence-corrected chi connectivity index (χ0v) is 4.74. The van der Waals surface area contributed by atoms with Gasteiger partial charge in [-0.15, -0.1) is 0 Å². The van der Waals surface area contributed by atoms with Crippen LogP contribution in [0.15, 0.2) is 11.2 Å². The third kappa shape index (κ3) is 1.08. The van der Waals surface area contributed by atoms with Gasteiger partial charge in [0.25, 0.3) is 0 Å². The molecule has 0 aromatic heterocycles. The van der Waals surface area contributed by atoms with E-state index in [1.165, 1.54) is 0 Å². The van der Waals surface area contributed by atoms with Gasteiger partial charge in [-0.1, -0.05) is 11.6 Å². The Hall–Kier alpha value is -0.210. The first-order chi connectivity index (χ1) is 3.29. The van der Waals surface area contributed by atoms with Crippen LogP contribution in [0, 0.1) is 6.54 Å². The van der Waals surface area contributed by atoms with Crippen molar-refractivity contribution in [2.24, 2.45) is 0 Å². The molecule has 0 spiro atoms. The molecule has 1 N–H and O–H groups in total. The predicted octanol–water partition coefficient (Wildman–Crippen LogP) is 0.678. The molecule has 0 aromatic carbocycles. The lowest BCUT2D eigenvalue weighted by atomic mass is 10.6. The molecule has 39 valence electrons. The predicted molar refractivity (Wildman–Crippen MR) is 29.1 cm³/mol. The highest BCUT2D eigenvalue weighted by Gasteiger charge is 2.03. The fraction of sp³-hybridized carbons (Fsp3) is 0.250. The summed E-state index contributed by atoms with van der Waals surface area (Å²) >= 11 is 5.48. The number of hydrogen-bond donors (Lipinski definition) is 1. The minimum Gasteiger partial charge on any atom is -0.309 e. The Labute approximate surface area is 47.7 Å². The van der Waals surface area contributed by atoms with E-state index >= 15 is 0 Å². The largest absolute Gasteiger partial charge is 0.309 e. The van der Waals surface area contributed by atoms with Gasteiger partial charge in [0.1, 0.15) is 5.16 Å². The van der Waals surface area contributed by atoms with Crippen LogP contribution in [0.4, 0.5) is 0 Å². The Bertz CT molecular complexity index is 99.9. The number of halogens is 1. The van der Waals surface area contributed by atoms with Gasteiger partial charge >= 0.3 is 0 Å². The topological polar surface area (TPSA) is 15.3 Å². The van der Waals surface area contributed by atoms with E-state index in [0.717, 1.165) is 0 Å². The number of nitrogens with one attached hydrogen (secondary N) is 1. The van der Waals surface area contributed by atoms with Crippen molar-refractivity contribution in [1.29, 1.82) is 0 Å². The van der Waals surface area contributed by atoms with E-state index in [0.29, 0.717) is 5.16 Å². The van der Waals surface area contributed by atoms with Crippen LogP contribution in [0.25, 0.3) is 0 Å². The molecule has 0 aromatic rings. The van der Waals surface area contributed by atoms with Crippen LogP contribution in [0.1, 0.15) is 0 Å². The number of hydrogen-bond acceptors (Lipinski definition) is 2. The maximum atomic E-state index is 5.48. The molecule has 1 aliphatic rings. The molecule has 3 heteroatoms. The van der Waals surface area contributed by atoms with E-state index in [1.54, 1.807) is 11.1 Å². The van der Waals surface area contributed by atoms with Crippen LogP contribution in [-0.2, 0) is 0 Å². The molecule has 0 saturated heterocycles. The Morgan fingerprint density at radius 1 is 1.86 bits per heavy atom. The Balaban J connectivity index is 2.42. The Morgan fingerprint density at radius 2 is 2.57 bits per heavy atom. The third-order valence-corrected chi connectivity index (χ3v) is 0.938. The summed E-state index contributed by atoms with van der Waals surface area (Å²) in [6.07, 6.45) is 1.79. The molecule has 1 heterocycles. The highest BCUT2D eigenvalue weighted by Crippen LogP contribution is 2.06. The average Bonchev–Trinajstić information content (AvgIpc) is 1.87. The van der Waals surface area contributed by atoms with Crippen molar-refractivity contribution in [3.8, 4) is 0 Å². The minimum atomic E-state index is 0.669. The van der Waals surface area contributed by atoms with Gasteiger partial charge in [0, 0.05) is 7.05 Å². The molecule has 1 aliphatic heterocycles. The van der Waals surface area contributed by atoms with E-state index < -0.39 is 0 Å². The molecule has 0 fully saturated rings. The minimum absolute atomic E-state index is 0.669. The molecule has 2 nitrogen and oxygen atoms in total. The summed E-state index contributed by atoms with van der Waals surface area (Å²) in [6, 6.07) is 0. The van der Waals surface area contributed by atoms with Crippen LogP contribution in [0.3, 0.4) is 0 Å². The molecule has 0 saturated carbocycles. The Kier molecular flexibility index (Phi) is 1.21. The van der Waals surface area contributed by atoms with E-state index in [9.17, 15) is 0 Å². The Morgan fingerprint density at radius 3 is 2.71 bits per heavy atom. The zero-order valence-electron chi connectivity index (χ0n) is 3.98. The summed E-state index contributed by atoms with van der Waals surface area (Å²) in [5, 5.41) is 2.45. The van der Waals surface area contributed by atoms with Crippen LogP contribution in [0.5, 0.6) is 0 Å². The van der Waals surface area contributed by atoms with Crippen molar-refractivity contribution in [2.45, 2.75) is 0 Å². The zero-order chi connectivity index (χ0) is 5.28. The number of rotatable bonds is 0.